The van der Waals surface area contributed by atoms with Crippen LogP contribution in [0.25, 0.3) is 0 Å². The van der Waals surface area contributed by atoms with Gasteiger partial charge in [-0.15, -0.1) is 0 Å². The van der Waals surface area contributed by atoms with Gasteiger partial charge in [0.25, 0.3) is 15.9 Å². The fourth-order valence-electron chi connectivity index (χ4n) is 2.90. The average molecular weight is 433 g/mol. The maximum absolute atomic E-state index is 13.2. The number of carbonyl (C=O) groups is 1. The van der Waals surface area contributed by atoms with Gasteiger partial charge in [-0.3, -0.25) is 9.10 Å². The monoisotopic (exact) mass is 432 g/mol. The molecule has 0 saturated heterocycles. The maximum atomic E-state index is 13.2. The van der Waals surface area contributed by atoms with Crippen LogP contribution in [0, 0.1) is 5.82 Å². The van der Waals surface area contributed by atoms with Gasteiger partial charge in [-0.25, -0.2) is 12.8 Å². The van der Waals surface area contributed by atoms with E-state index in [0.29, 0.717) is 11.4 Å². The topological polar surface area (TPSA) is 75.7 Å². The molecule has 0 atom stereocenters. The summed E-state index contributed by atoms with van der Waals surface area (Å²) in [7, 11) is -2.81. The molecule has 0 unspecified atom stereocenters. The van der Waals surface area contributed by atoms with Crippen molar-refractivity contribution in [2.45, 2.75) is 4.90 Å². The molecule has 0 aromatic heterocycles. The zero-order valence-electron chi connectivity index (χ0n) is 15.0. The van der Waals surface area contributed by atoms with Gasteiger partial charge in [0, 0.05) is 13.1 Å². The molecule has 1 N–H and O–H groups in total. The van der Waals surface area contributed by atoms with Gasteiger partial charge in [-0.05, 0) is 42.5 Å². The van der Waals surface area contributed by atoms with Crippen LogP contribution in [0.4, 0.5) is 15.8 Å². The molecule has 1 heterocycles. The minimum absolute atomic E-state index is 0.0247. The second-order valence-corrected chi connectivity index (χ2v) is 8.62. The molecule has 6 nitrogen and oxygen atoms in total. The summed E-state index contributed by atoms with van der Waals surface area (Å²) in [6.45, 7) is 0. The first-order valence-corrected chi connectivity index (χ1v) is 10.3. The summed E-state index contributed by atoms with van der Waals surface area (Å²) in [6.07, 6.45) is 0. The molecular weight excluding hydrogens is 419 g/mol. The first kappa shape index (κ1) is 19.2. The molecule has 4 rings (SSSR count). The molecule has 0 spiro atoms. The molecule has 1 amide bonds. The number of nitrogens with one attached hydrogen (secondary N) is 1. The predicted octanol–water partition coefficient (Wildman–Crippen LogP) is 4.66. The largest absolute Gasteiger partial charge is 0.454 e. The van der Waals surface area contributed by atoms with Crippen molar-refractivity contribution in [2.75, 3.05) is 16.7 Å². The lowest BCUT2D eigenvalue weighted by atomic mass is 10.2. The smallest absolute Gasteiger partial charge is 0.265 e. The fourth-order valence-corrected chi connectivity index (χ4v) is 4.61. The number of sulfonamides is 1. The molecule has 1 aliphatic rings. The number of ether oxygens (including phenoxy) is 1. The summed E-state index contributed by atoms with van der Waals surface area (Å²) >= 11 is 6.25. The normalized spacial score (nSPS) is 12.9. The van der Waals surface area contributed by atoms with E-state index in [4.69, 9.17) is 16.3 Å². The second kappa shape index (κ2) is 7.06. The Morgan fingerprint density at radius 1 is 1.03 bits per heavy atom. The summed E-state index contributed by atoms with van der Waals surface area (Å²) in [5.41, 5.74) is 0.722. The van der Waals surface area contributed by atoms with Gasteiger partial charge >= 0.3 is 0 Å². The molecule has 9 heteroatoms. The molecule has 0 aliphatic carbocycles. The van der Waals surface area contributed by atoms with Crippen molar-refractivity contribution in [2.24, 2.45) is 0 Å². The molecule has 0 bridgehead atoms. The van der Waals surface area contributed by atoms with E-state index >= 15 is 0 Å². The van der Waals surface area contributed by atoms with Gasteiger partial charge < -0.3 is 10.1 Å². The van der Waals surface area contributed by atoms with Gasteiger partial charge in [0.2, 0.25) is 0 Å². The quantitative estimate of drug-likeness (QED) is 0.653. The number of hydrogen-bond donors (Lipinski definition) is 1. The highest BCUT2D eigenvalue weighted by molar-refractivity contribution is 7.93. The van der Waals surface area contributed by atoms with E-state index in [1.165, 1.54) is 31.3 Å². The predicted molar refractivity (Wildman–Crippen MR) is 108 cm³/mol. The third-order valence-corrected chi connectivity index (χ3v) is 6.71. The van der Waals surface area contributed by atoms with Gasteiger partial charge in [-0.1, -0.05) is 23.7 Å². The van der Waals surface area contributed by atoms with Crippen LogP contribution in [-0.2, 0) is 10.0 Å². The fraction of sp³-hybridized carbons (Fsp3) is 0.0500. The number of halogens is 2. The van der Waals surface area contributed by atoms with E-state index < -0.39 is 21.7 Å². The Bertz CT molecular complexity index is 1230. The molecule has 0 fully saturated rings. The second-order valence-electron chi connectivity index (χ2n) is 6.28. The Hall–Kier alpha value is -3.10. The highest BCUT2D eigenvalue weighted by Crippen LogP contribution is 2.39. The number of rotatable bonds is 3. The van der Waals surface area contributed by atoms with Crippen LogP contribution in [0.5, 0.6) is 11.5 Å². The van der Waals surface area contributed by atoms with Crippen LogP contribution in [0.15, 0.2) is 65.6 Å². The van der Waals surface area contributed by atoms with Gasteiger partial charge in [-0.2, -0.15) is 0 Å². The Morgan fingerprint density at radius 2 is 1.72 bits per heavy atom. The van der Waals surface area contributed by atoms with Gasteiger partial charge in [0.1, 0.15) is 16.5 Å². The summed E-state index contributed by atoms with van der Waals surface area (Å²) in [4.78, 5) is 12.4. The molecule has 0 radical (unpaired) electrons. The Kier molecular flexibility index (Phi) is 4.68. The minimum Gasteiger partial charge on any atom is -0.454 e. The lowest BCUT2D eigenvalue weighted by Gasteiger charge is -2.21. The summed E-state index contributed by atoms with van der Waals surface area (Å²) in [5.74, 6) is -0.464. The number of nitrogens with zero attached hydrogens (tertiary/aromatic N) is 1. The van der Waals surface area contributed by atoms with Crippen molar-refractivity contribution in [3.63, 3.8) is 0 Å². The highest BCUT2D eigenvalue weighted by atomic mass is 35.5. The maximum Gasteiger partial charge on any atom is 0.265 e. The van der Waals surface area contributed by atoms with Crippen LogP contribution in [-0.4, -0.2) is 21.4 Å². The van der Waals surface area contributed by atoms with Crippen molar-refractivity contribution >= 4 is 38.9 Å². The molecule has 1 aliphatic heterocycles. The molecule has 29 heavy (non-hydrogen) atoms. The Balaban J connectivity index is 1.79. The average Bonchev–Trinajstić information content (AvgIpc) is 2.82. The lowest BCUT2D eigenvalue weighted by Crippen LogP contribution is -2.27. The first-order chi connectivity index (χ1) is 13.8. The van der Waals surface area contributed by atoms with Crippen LogP contribution in [0.1, 0.15) is 10.4 Å². The number of amides is 1. The minimum atomic E-state index is -4.13. The lowest BCUT2D eigenvalue weighted by molar-refractivity contribution is 0.102. The van der Waals surface area contributed by atoms with Gasteiger partial charge in [0.05, 0.1) is 22.0 Å². The summed E-state index contributed by atoms with van der Waals surface area (Å²) < 4.78 is 46.1. The zero-order valence-corrected chi connectivity index (χ0v) is 16.6. The number of para-hydroxylation sites is 2. The van der Waals surface area contributed by atoms with E-state index in [9.17, 15) is 17.6 Å². The van der Waals surface area contributed by atoms with Crippen LogP contribution in [0.3, 0.4) is 0 Å². The van der Waals surface area contributed by atoms with Gasteiger partial charge in [0.15, 0.2) is 5.75 Å². The SMILES string of the molecule is CN(c1ccc(F)cc1)S(=O)(=O)c1cc2c(cc1Cl)Oc1ccccc1NC2=O. The van der Waals surface area contributed by atoms with Crippen molar-refractivity contribution in [1.82, 2.24) is 0 Å². The third-order valence-electron chi connectivity index (χ3n) is 4.46. The number of fused-ring (bicyclic) bond motifs is 2. The van der Waals surface area contributed by atoms with Crippen molar-refractivity contribution < 1.29 is 22.3 Å². The van der Waals surface area contributed by atoms with E-state index in [0.717, 1.165) is 16.4 Å². The summed E-state index contributed by atoms with van der Waals surface area (Å²) in [5, 5.41) is 2.58. The molecule has 3 aromatic rings. The van der Waals surface area contributed by atoms with E-state index in [2.05, 4.69) is 5.32 Å². The number of benzene rings is 3. The first-order valence-electron chi connectivity index (χ1n) is 8.43. The number of hydrogen-bond acceptors (Lipinski definition) is 4. The molecule has 148 valence electrons. The van der Waals surface area contributed by atoms with Crippen LogP contribution >= 0.6 is 11.6 Å². The number of carbonyl (C=O) groups excluding carboxylic acids is 1. The highest BCUT2D eigenvalue weighted by Gasteiger charge is 2.29. The van der Waals surface area contributed by atoms with Crippen LogP contribution < -0.4 is 14.4 Å². The summed E-state index contributed by atoms with van der Waals surface area (Å²) in [6, 6.07) is 14.3. The molecule has 0 saturated carbocycles. The third kappa shape index (κ3) is 3.41. The van der Waals surface area contributed by atoms with E-state index in [-0.39, 0.29) is 26.9 Å². The standard InChI is InChI=1S/C20H14ClFN2O4S/c1-24(13-8-6-12(22)7-9-13)29(26,27)19-10-14-18(11-15(19)21)28-17-5-3-2-4-16(17)23-20(14)25/h2-11H,1H3,(H,23,25). The van der Waals surface area contributed by atoms with Crippen LogP contribution in [0.2, 0.25) is 5.02 Å². The molecule has 3 aromatic carbocycles. The zero-order chi connectivity index (χ0) is 20.8. The van der Waals surface area contributed by atoms with Crippen molar-refractivity contribution in [3.05, 3.63) is 77.1 Å². The molecular formula is C20H14ClFN2O4S. The van der Waals surface area contributed by atoms with E-state index in [1.54, 1.807) is 24.3 Å². The van der Waals surface area contributed by atoms with Crippen molar-refractivity contribution in [1.29, 1.82) is 0 Å². The van der Waals surface area contributed by atoms with E-state index in [1.807, 2.05) is 0 Å². The Morgan fingerprint density at radius 3 is 2.45 bits per heavy atom. The number of anilines is 2. The Labute approximate surface area is 171 Å². The van der Waals surface area contributed by atoms with Crippen molar-refractivity contribution in [3.8, 4) is 11.5 Å².